The highest BCUT2D eigenvalue weighted by atomic mass is 35.5. The monoisotopic (exact) mass is 318 g/mol. The molecular formula is C14H19ClO4S. The summed E-state index contributed by atoms with van der Waals surface area (Å²) in [5, 5.41) is 10.5. The van der Waals surface area contributed by atoms with Gasteiger partial charge in [0.1, 0.15) is 18.0 Å². The van der Waals surface area contributed by atoms with Gasteiger partial charge < -0.3 is 9.84 Å². The Morgan fingerprint density at radius 2 is 2.00 bits per heavy atom. The molecule has 20 heavy (non-hydrogen) atoms. The Hall–Kier alpha value is -0.780. The van der Waals surface area contributed by atoms with E-state index >= 15 is 0 Å². The number of aliphatic hydroxyl groups is 1. The molecular weight excluding hydrogens is 300 g/mol. The van der Waals surface area contributed by atoms with E-state index in [-0.39, 0.29) is 17.4 Å². The van der Waals surface area contributed by atoms with Crippen molar-refractivity contribution in [2.24, 2.45) is 0 Å². The maximum absolute atomic E-state index is 11.5. The average molecular weight is 319 g/mol. The van der Waals surface area contributed by atoms with Crippen LogP contribution in [0.5, 0.6) is 5.75 Å². The number of rotatable bonds is 3. The van der Waals surface area contributed by atoms with Crippen molar-refractivity contribution in [2.75, 3.05) is 11.5 Å². The van der Waals surface area contributed by atoms with Gasteiger partial charge in [-0.1, -0.05) is 25.4 Å². The summed E-state index contributed by atoms with van der Waals surface area (Å²) in [6.45, 7) is 5.89. The van der Waals surface area contributed by atoms with Gasteiger partial charge in [0, 0.05) is 5.02 Å². The molecule has 0 spiro atoms. The number of aliphatic hydroxyl groups excluding tert-OH is 1. The molecule has 2 atom stereocenters. The zero-order chi connectivity index (χ0) is 15.1. The van der Waals surface area contributed by atoms with Crippen LogP contribution in [0.4, 0.5) is 0 Å². The molecule has 1 aliphatic rings. The van der Waals surface area contributed by atoms with Crippen LogP contribution in [0.15, 0.2) is 12.1 Å². The third kappa shape index (κ3) is 3.27. The molecule has 2 rings (SSSR count). The van der Waals surface area contributed by atoms with E-state index in [2.05, 4.69) is 0 Å². The first kappa shape index (κ1) is 15.6. The van der Waals surface area contributed by atoms with Crippen LogP contribution < -0.4 is 4.74 Å². The molecule has 0 radical (unpaired) electrons. The molecule has 0 amide bonds. The summed E-state index contributed by atoms with van der Waals surface area (Å²) in [6, 6.07) is 3.64. The molecule has 1 N–H and O–H groups in total. The summed E-state index contributed by atoms with van der Waals surface area (Å²) in [5.41, 5.74) is 1.78. The second-order valence-corrected chi connectivity index (χ2v) is 8.16. The lowest BCUT2D eigenvalue weighted by atomic mass is 10.0. The molecule has 0 aromatic heterocycles. The fourth-order valence-electron chi connectivity index (χ4n) is 2.31. The Bertz CT molecular complexity index is 610. The predicted octanol–water partition coefficient (Wildman–Crippen LogP) is 2.31. The van der Waals surface area contributed by atoms with E-state index in [9.17, 15) is 13.5 Å². The quantitative estimate of drug-likeness (QED) is 0.929. The summed E-state index contributed by atoms with van der Waals surface area (Å²) in [7, 11) is -3.21. The molecule has 2 unspecified atom stereocenters. The van der Waals surface area contributed by atoms with Crippen LogP contribution in [0.3, 0.4) is 0 Å². The Labute approximate surface area is 124 Å². The number of hydrogen-bond donors (Lipinski definition) is 1. The highest BCUT2D eigenvalue weighted by molar-refractivity contribution is 7.91. The van der Waals surface area contributed by atoms with Gasteiger partial charge in [-0.15, -0.1) is 0 Å². The molecule has 1 aromatic carbocycles. The first-order valence-corrected chi connectivity index (χ1v) is 8.74. The minimum absolute atomic E-state index is 0.146. The highest BCUT2D eigenvalue weighted by Gasteiger charge is 2.38. The van der Waals surface area contributed by atoms with Crippen LogP contribution in [0, 0.1) is 6.92 Å². The molecule has 0 bridgehead atoms. The molecule has 0 aliphatic carbocycles. The lowest BCUT2D eigenvalue weighted by Crippen LogP contribution is -2.30. The lowest BCUT2D eigenvalue weighted by molar-refractivity contribution is 0.0733. The summed E-state index contributed by atoms with van der Waals surface area (Å²) in [4.78, 5) is 0. The number of benzene rings is 1. The molecule has 1 saturated heterocycles. The standard InChI is InChI=1S/C14H19ClO4S/c1-8(2)10-5-13(9(3)4-11(10)15)19-14-7-20(17,18)6-12(14)16/h4-5,8,12,14,16H,6-7H2,1-3H3. The van der Waals surface area contributed by atoms with Crippen LogP contribution in [0.1, 0.15) is 30.9 Å². The average Bonchev–Trinajstić information content (AvgIpc) is 2.55. The Morgan fingerprint density at radius 3 is 2.50 bits per heavy atom. The number of hydrogen-bond acceptors (Lipinski definition) is 4. The second kappa shape index (κ2) is 5.54. The molecule has 6 heteroatoms. The van der Waals surface area contributed by atoms with Gasteiger partial charge in [-0.3, -0.25) is 0 Å². The molecule has 1 aliphatic heterocycles. The van der Waals surface area contributed by atoms with Gasteiger partial charge in [-0.2, -0.15) is 0 Å². The van der Waals surface area contributed by atoms with E-state index < -0.39 is 22.0 Å². The molecule has 0 saturated carbocycles. The first-order valence-electron chi connectivity index (χ1n) is 6.55. The highest BCUT2D eigenvalue weighted by Crippen LogP contribution is 2.32. The number of sulfone groups is 1. The van der Waals surface area contributed by atoms with E-state index in [0.29, 0.717) is 10.8 Å². The van der Waals surface area contributed by atoms with Crippen molar-refractivity contribution >= 4 is 21.4 Å². The van der Waals surface area contributed by atoms with E-state index in [1.165, 1.54) is 0 Å². The zero-order valence-corrected chi connectivity index (χ0v) is 13.3. The van der Waals surface area contributed by atoms with E-state index in [4.69, 9.17) is 16.3 Å². The summed E-state index contributed by atoms with van der Waals surface area (Å²) in [6.07, 6.45) is -1.68. The van der Waals surface area contributed by atoms with Crippen molar-refractivity contribution < 1.29 is 18.3 Å². The Balaban J connectivity index is 2.28. The molecule has 112 valence electrons. The van der Waals surface area contributed by atoms with Crippen molar-refractivity contribution in [3.05, 3.63) is 28.3 Å². The topological polar surface area (TPSA) is 63.6 Å². The van der Waals surface area contributed by atoms with Crippen LogP contribution in [-0.2, 0) is 9.84 Å². The van der Waals surface area contributed by atoms with Gasteiger partial charge in [0.2, 0.25) is 0 Å². The lowest BCUT2D eigenvalue weighted by Gasteiger charge is -2.19. The van der Waals surface area contributed by atoms with Crippen molar-refractivity contribution in [1.29, 1.82) is 0 Å². The van der Waals surface area contributed by atoms with Gasteiger partial charge in [-0.05, 0) is 36.1 Å². The SMILES string of the molecule is Cc1cc(Cl)c(C(C)C)cc1OC1CS(=O)(=O)CC1O. The summed E-state index contributed by atoms with van der Waals surface area (Å²) in [5.74, 6) is 0.441. The molecule has 1 aromatic rings. The fraction of sp³-hybridized carbons (Fsp3) is 0.571. The van der Waals surface area contributed by atoms with E-state index in [1.54, 1.807) is 0 Å². The summed E-state index contributed by atoms with van der Waals surface area (Å²) >= 11 is 6.19. The fourth-order valence-corrected chi connectivity index (χ4v) is 4.41. The Morgan fingerprint density at radius 1 is 1.35 bits per heavy atom. The predicted molar refractivity (Wildman–Crippen MR) is 79.4 cm³/mol. The van der Waals surface area contributed by atoms with Crippen LogP contribution >= 0.6 is 11.6 Å². The summed E-state index contributed by atoms with van der Waals surface area (Å²) < 4.78 is 28.7. The van der Waals surface area contributed by atoms with Crippen LogP contribution in [-0.4, -0.2) is 37.2 Å². The van der Waals surface area contributed by atoms with E-state index in [1.807, 2.05) is 32.9 Å². The maximum atomic E-state index is 11.5. The van der Waals surface area contributed by atoms with Crippen molar-refractivity contribution in [3.63, 3.8) is 0 Å². The first-order chi connectivity index (χ1) is 9.19. The van der Waals surface area contributed by atoms with Gasteiger partial charge >= 0.3 is 0 Å². The smallest absolute Gasteiger partial charge is 0.156 e. The number of ether oxygens (including phenoxy) is 1. The molecule has 1 heterocycles. The van der Waals surface area contributed by atoms with Crippen LogP contribution in [0.25, 0.3) is 0 Å². The molecule has 1 fully saturated rings. The van der Waals surface area contributed by atoms with Gasteiger partial charge in [0.25, 0.3) is 0 Å². The minimum atomic E-state index is -3.21. The van der Waals surface area contributed by atoms with Crippen molar-refractivity contribution in [3.8, 4) is 5.75 Å². The van der Waals surface area contributed by atoms with Crippen LogP contribution in [0.2, 0.25) is 5.02 Å². The normalized spacial score (nSPS) is 25.1. The largest absolute Gasteiger partial charge is 0.486 e. The van der Waals surface area contributed by atoms with Gasteiger partial charge in [0.05, 0.1) is 11.5 Å². The third-order valence-electron chi connectivity index (χ3n) is 3.47. The minimum Gasteiger partial charge on any atom is -0.486 e. The zero-order valence-electron chi connectivity index (χ0n) is 11.8. The van der Waals surface area contributed by atoms with E-state index in [0.717, 1.165) is 11.1 Å². The third-order valence-corrected chi connectivity index (χ3v) is 5.48. The maximum Gasteiger partial charge on any atom is 0.156 e. The number of halogens is 1. The van der Waals surface area contributed by atoms with Gasteiger partial charge in [-0.25, -0.2) is 8.42 Å². The number of aryl methyl sites for hydroxylation is 1. The second-order valence-electron chi connectivity index (χ2n) is 5.59. The van der Waals surface area contributed by atoms with Crippen molar-refractivity contribution in [2.45, 2.75) is 38.9 Å². The Kier molecular flexibility index (Phi) is 4.33. The van der Waals surface area contributed by atoms with Gasteiger partial charge in [0.15, 0.2) is 9.84 Å². The van der Waals surface area contributed by atoms with Crippen molar-refractivity contribution in [1.82, 2.24) is 0 Å². The molecule has 4 nitrogen and oxygen atoms in total.